The van der Waals surface area contributed by atoms with Crippen LogP contribution in [0.25, 0.3) is 0 Å². The van der Waals surface area contributed by atoms with Gasteiger partial charge < -0.3 is 4.74 Å². The van der Waals surface area contributed by atoms with Gasteiger partial charge in [0.05, 0.1) is 5.56 Å². The maximum absolute atomic E-state index is 11.9. The third-order valence-corrected chi connectivity index (χ3v) is 3.73. The molecule has 1 fully saturated rings. The molecular formula is C14H18ClNO2. The van der Waals surface area contributed by atoms with Crippen molar-refractivity contribution in [3.05, 3.63) is 29.0 Å². The third kappa shape index (κ3) is 3.45. The highest BCUT2D eigenvalue weighted by Crippen LogP contribution is 2.36. The molecule has 0 unspecified atom stereocenters. The number of halogens is 1. The number of rotatable bonds is 2. The van der Waals surface area contributed by atoms with Crippen LogP contribution in [0.2, 0.25) is 5.15 Å². The van der Waals surface area contributed by atoms with Crippen molar-refractivity contribution in [2.75, 3.05) is 0 Å². The Kier molecular flexibility index (Phi) is 3.91. The van der Waals surface area contributed by atoms with Crippen molar-refractivity contribution in [2.24, 2.45) is 5.41 Å². The molecular weight excluding hydrogens is 250 g/mol. The molecule has 0 amide bonds. The summed E-state index contributed by atoms with van der Waals surface area (Å²) in [5.74, 6) is -0.302. The highest BCUT2D eigenvalue weighted by atomic mass is 35.5. The van der Waals surface area contributed by atoms with Crippen molar-refractivity contribution in [2.45, 2.75) is 45.6 Å². The van der Waals surface area contributed by atoms with E-state index in [-0.39, 0.29) is 12.1 Å². The molecule has 1 aliphatic rings. The van der Waals surface area contributed by atoms with Crippen LogP contribution in [-0.2, 0) is 4.74 Å². The fourth-order valence-corrected chi connectivity index (χ4v) is 2.41. The Hall–Kier alpha value is -1.09. The van der Waals surface area contributed by atoms with E-state index in [0.717, 1.165) is 25.7 Å². The summed E-state index contributed by atoms with van der Waals surface area (Å²) in [6, 6.07) is 3.16. The van der Waals surface area contributed by atoms with Crippen LogP contribution in [0.3, 0.4) is 0 Å². The fourth-order valence-electron chi connectivity index (χ4n) is 2.24. The van der Waals surface area contributed by atoms with E-state index in [2.05, 4.69) is 18.8 Å². The van der Waals surface area contributed by atoms with Crippen molar-refractivity contribution >= 4 is 17.6 Å². The predicted octanol–water partition coefficient (Wildman–Crippen LogP) is 3.86. The highest BCUT2D eigenvalue weighted by molar-refractivity contribution is 6.29. The van der Waals surface area contributed by atoms with Gasteiger partial charge in [-0.1, -0.05) is 25.4 Å². The molecule has 1 saturated carbocycles. The Morgan fingerprint density at radius 3 is 2.72 bits per heavy atom. The van der Waals surface area contributed by atoms with E-state index >= 15 is 0 Å². The fraction of sp³-hybridized carbons (Fsp3) is 0.571. The molecule has 0 spiro atoms. The minimum Gasteiger partial charge on any atom is -0.459 e. The van der Waals surface area contributed by atoms with Crippen molar-refractivity contribution in [1.82, 2.24) is 4.98 Å². The summed E-state index contributed by atoms with van der Waals surface area (Å²) < 4.78 is 5.50. The summed E-state index contributed by atoms with van der Waals surface area (Å²) in [4.78, 5) is 15.8. The number of nitrogens with zero attached hydrogens (tertiary/aromatic N) is 1. The molecule has 18 heavy (non-hydrogen) atoms. The zero-order valence-corrected chi connectivity index (χ0v) is 11.5. The maximum atomic E-state index is 11.9. The molecule has 0 radical (unpaired) electrons. The Morgan fingerprint density at radius 1 is 1.44 bits per heavy atom. The minimum atomic E-state index is -0.302. The molecule has 1 heterocycles. The SMILES string of the molecule is CC1(C)CCC(OC(=O)c2ccnc(Cl)c2)CC1. The number of esters is 1. The number of carbonyl (C=O) groups is 1. The van der Waals surface area contributed by atoms with Gasteiger partial charge in [0, 0.05) is 6.20 Å². The molecule has 0 aliphatic heterocycles. The molecule has 1 aromatic heterocycles. The lowest BCUT2D eigenvalue weighted by molar-refractivity contribution is 0.00950. The van der Waals surface area contributed by atoms with Gasteiger partial charge in [-0.15, -0.1) is 0 Å². The molecule has 1 aliphatic carbocycles. The van der Waals surface area contributed by atoms with Gasteiger partial charge in [-0.3, -0.25) is 0 Å². The van der Waals surface area contributed by atoms with E-state index < -0.39 is 0 Å². The first-order valence-corrected chi connectivity index (χ1v) is 6.67. The van der Waals surface area contributed by atoms with Gasteiger partial charge in [0.25, 0.3) is 0 Å². The largest absolute Gasteiger partial charge is 0.459 e. The van der Waals surface area contributed by atoms with E-state index in [1.807, 2.05) is 0 Å². The van der Waals surface area contributed by atoms with E-state index in [9.17, 15) is 4.79 Å². The summed E-state index contributed by atoms with van der Waals surface area (Å²) in [6.45, 7) is 4.52. The average molecular weight is 268 g/mol. The Balaban J connectivity index is 1.93. The van der Waals surface area contributed by atoms with E-state index in [1.54, 1.807) is 6.07 Å². The molecule has 3 nitrogen and oxygen atoms in total. The second kappa shape index (κ2) is 5.27. The zero-order chi connectivity index (χ0) is 13.2. The van der Waals surface area contributed by atoms with Gasteiger partial charge in [0.2, 0.25) is 0 Å². The van der Waals surface area contributed by atoms with Crippen molar-refractivity contribution in [1.29, 1.82) is 0 Å². The number of hydrogen-bond acceptors (Lipinski definition) is 3. The van der Waals surface area contributed by atoms with Crippen LogP contribution in [0.1, 0.15) is 49.9 Å². The van der Waals surface area contributed by atoms with Crippen molar-refractivity contribution in [3.63, 3.8) is 0 Å². The molecule has 0 atom stereocenters. The van der Waals surface area contributed by atoms with Crippen molar-refractivity contribution < 1.29 is 9.53 Å². The van der Waals surface area contributed by atoms with Crippen LogP contribution >= 0.6 is 11.6 Å². The number of carbonyl (C=O) groups excluding carboxylic acids is 1. The van der Waals surface area contributed by atoms with Gasteiger partial charge in [0.1, 0.15) is 11.3 Å². The Labute approximate surface area is 113 Å². The van der Waals surface area contributed by atoms with Crippen LogP contribution in [-0.4, -0.2) is 17.1 Å². The van der Waals surface area contributed by atoms with E-state index in [4.69, 9.17) is 16.3 Å². The van der Waals surface area contributed by atoms with E-state index in [0.29, 0.717) is 16.1 Å². The van der Waals surface area contributed by atoms with Gasteiger partial charge >= 0.3 is 5.97 Å². The second-order valence-electron chi connectivity index (χ2n) is 5.64. The highest BCUT2D eigenvalue weighted by Gasteiger charge is 2.29. The first-order valence-electron chi connectivity index (χ1n) is 6.29. The normalized spacial score (nSPS) is 19.5. The Bertz CT molecular complexity index is 435. The number of pyridine rings is 1. The lowest BCUT2D eigenvalue weighted by atomic mass is 9.76. The molecule has 0 bridgehead atoms. The lowest BCUT2D eigenvalue weighted by Gasteiger charge is -2.33. The number of hydrogen-bond donors (Lipinski definition) is 0. The number of ether oxygens (including phenoxy) is 1. The van der Waals surface area contributed by atoms with Gasteiger partial charge in [-0.25, -0.2) is 9.78 Å². The van der Waals surface area contributed by atoms with Crippen LogP contribution in [0, 0.1) is 5.41 Å². The summed E-state index contributed by atoms with van der Waals surface area (Å²) >= 11 is 5.75. The van der Waals surface area contributed by atoms with Crippen LogP contribution in [0.15, 0.2) is 18.3 Å². The molecule has 0 N–H and O–H groups in total. The lowest BCUT2D eigenvalue weighted by Crippen LogP contribution is -2.28. The van der Waals surface area contributed by atoms with Gasteiger partial charge in [-0.2, -0.15) is 0 Å². The van der Waals surface area contributed by atoms with Crippen LogP contribution in [0.5, 0.6) is 0 Å². The predicted molar refractivity (Wildman–Crippen MR) is 70.7 cm³/mol. The molecule has 1 aromatic rings. The summed E-state index contributed by atoms with van der Waals surface area (Å²) in [6.07, 6.45) is 5.64. The first-order chi connectivity index (χ1) is 8.46. The van der Waals surface area contributed by atoms with Crippen LogP contribution in [0.4, 0.5) is 0 Å². The number of aromatic nitrogens is 1. The molecule has 0 saturated heterocycles. The summed E-state index contributed by atoms with van der Waals surface area (Å²) in [7, 11) is 0. The Morgan fingerprint density at radius 2 is 2.11 bits per heavy atom. The standard InChI is InChI=1S/C14H18ClNO2/c1-14(2)6-3-11(4-7-14)18-13(17)10-5-8-16-12(15)9-10/h5,8-9,11H,3-4,6-7H2,1-2H3. The first kappa shape index (κ1) is 13.3. The maximum Gasteiger partial charge on any atom is 0.338 e. The second-order valence-corrected chi connectivity index (χ2v) is 6.02. The van der Waals surface area contributed by atoms with Gasteiger partial charge in [0.15, 0.2) is 0 Å². The molecule has 98 valence electrons. The monoisotopic (exact) mass is 267 g/mol. The smallest absolute Gasteiger partial charge is 0.338 e. The molecule has 4 heteroatoms. The molecule has 0 aromatic carbocycles. The molecule has 2 rings (SSSR count). The summed E-state index contributed by atoms with van der Waals surface area (Å²) in [5.41, 5.74) is 0.850. The van der Waals surface area contributed by atoms with Crippen molar-refractivity contribution in [3.8, 4) is 0 Å². The van der Waals surface area contributed by atoms with E-state index in [1.165, 1.54) is 12.3 Å². The summed E-state index contributed by atoms with van der Waals surface area (Å²) in [5, 5.41) is 0.314. The minimum absolute atomic E-state index is 0.0393. The zero-order valence-electron chi connectivity index (χ0n) is 10.8. The van der Waals surface area contributed by atoms with Gasteiger partial charge in [-0.05, 0) is 43.2 Å². The average Bonchev–Trinajstić information content (AvgIpc) is 2.32. The van der Waals surface area contributed by atoms with Crippen LogP contribution < -0.4 is 0 Å². The quantitative estimate of drug-likeness (QED) is 0.603. The topological polar surface area (TPSA) is 39.2 Å². The third-order valence-electron chi connectivity index (χ3n) is 3.52.